The Bertz CT molecular complexity index is 183. The first-order chi connectivity index (χ1) is 6.79. The molecular weight excluding hydrogens is 174 g/mol. The molecule has 0 amide bonds. The molecule has 0 aromatic heterocycles. The van der Waals surface area contributed by atoms with Gasteiger partial charge in [0.2, 0.25) is 0 Å². The van der Waals surface area contributed by atoms with Crippen molar-refractivity contribution < 1.29 is 4.74 Å². The summed E-state index contributed by atoms with van der Waals surface area (Å²) in [6, 6.07) is 0. The summed E-state index contributed by atoms with van der Waals surface area (Å²) in [7, 11) is 2.25. The fourth-order valence-electron chi connectivity index (χ4n) is 3.03. The molecular formula is C12H23NO. The van der Waals surface area contributed by atoms with Gasteiger partial charge in [-0.25, -0.2) is 0 Å². The fourth-order valence-corrected chi connectivity index (χ4v) is 3.03. The van der Waals surface area contributed by atoms with Crippen LogP contribution in [0.5, 0.6) is 0 Å². The Kier molecular flexibility index (Phi) is 3.45. The molecule has 1 heterocycles. The molecule has 0 N–H and O–H groups in total. The number of likely N-dealkylation sites (tertiary alicyclic amines) is 1. The van der Waals surface area contributed by atoms with E-state index in [0.29, 0.717) is 6.10 Å². The third kappa shape index (κ3) is 2.29. The van der Waals surface area contributed by atoms with Crippen molar-refractivity contribution in [2.24, 2.45) is 11.8 Å². The van der Waals surface area contributed by atoms with Gasteiger partial charge in [0, 0.05) is 13.2 Å². The minimum absolute atomic E-state index is 0.580. The molecule has 0 radical (unpaired) electrons. The molecule has 1 aliphatic heterocycles. The fraction of sp³-hybridized carbons (Fsp3) is 1.00. The number of rotatable bonds is 3. The van der Waals surface area contributed by atoms with Gasteiger partial charge in [-0.3, -0.25) is 0 Å². The summed E-state index contributed by atoms with van der Waals surface area (Å²) in [5.41, 5.74) is 0. The Morgan fingerprint density at radius 3 is 2.86 bits per heavy atom. The van der Waals surface area contributed by atoms with E-state index in [1.165, 1.54) is 32.4 Å². The van der Waals surface area contributed by atoms with E-state index >= 15 is 0 Å². The second-order valence-electron chi connectivity index (χ2n) is 5.04. The number of hydrogen-bond donors (Lipinski definition) is 0. The lowest BCUT2D eigenvalue weighted by Gasteiger charge is -2.31. The zero-order chi connectivity index (χ0) is 9.97. The molecule has 2 rings (SSSR count). The SMILES string of the molecule is CCCO[C@H]1C[C@@H]2CCN(C)C[C@@H]2C1. The van der Waals surface area contributed by atoms with Gasteiger partial charge in [-0.2, -0.15) is 0 Å². The molecule has 0 aromatic carbocycles. The first-order valence-electron chi connectivity index (χ1n) is 6.09. The molecule has 2 heteroatoms. The smallest absolute Gasteiger partial charge is 0.0581 e. The zero-order valence-electron chi connectivity index (χ0n) is 9.54. The van der Waals surface area contributed by atoms with Gasteiger partial charge in [0.25, 0.3) is 0 Å². The first kappa shape index (κ1) is 10.4. The predicted molar refractivity (Wildman–Crippen MR) is 58.4 cm³/mol. The minimum Gasteiger partial charge on any atom is -0.378 e. The van der Waals surface area contributed by atoms with Crippen molar-refractivity contribution in [2.45, 2.75) is 38.7 Å². The summed E-state index contributed by atoms with van der Waals surface area (Å²) < 4.78 is 5.86. The second kappa shape index (κ2) is 4.63. The van der Waals surface area contributed by atoms with Crippen molar-refractivity contribution in [2.75, 3.05) is 26.7 Å². The topological polar surface area (TPSA) is 12.5 Å². The van der Waals surface area contributed by atoms with E-state index in [4.69, 9.17) is 4.74 Å². The highest BCUT2D eigenvalue weighted by Gasteiger charge is 2.37. The van der Waals surface area contributed by atoms with Crippen molar-refractivity contribution in [3.8, 4) is 0 Å². The summed E-state index contributed by atoms with van der Waals surface area (Å²) in [4.78, 5) is 2.48. The Balaban J connectivity index is 1.80. The summed E-state index contributed by atoms with van der Waals surface area (Å²) in [6.07, 6.45) is 5.78. The van der Waals surface area contributed by atoms with Crippen LogP contribution in [0, 0.1) is 11.8 Å². The highest BCUT2D eigenvalue weighted by atomic mass is 16.5. The quantitative estimate of drug-likeness (QED) is 0.687. The van der Waals surface area contributed by atoms with Crippen LogP contribution in [0.1, 0.15) is 32.6 Å². The second-order valence-corrected chi connectivity index (χ2v) is 5.04. The summed E-state index contributed by atoms with van der Waals surface area (Å²) in [5, 5.41) is 0. The Morgan fingerprint density at radius 1 is 1.29 bits per heavy atom. The van der Waals surface area contributed by atoms with Gasteiger partial charge in [0.05, 0.1) is 6.10 Å². The number of hydrogen-bond acceptors (Lipinski definition) is 2. The highest BCUT2D eigenvalue weighted by molar-refractivity contribution is 4.89. The van der Waals surface area contributed by atoms with Crippen molar-refractivity contribution in [3.63, 3.8) is 0 Å². The van der Waals surface area contributed by atoms with Crippen molar-refractivity contribution >= 4 is 0 Å². The largest absolute Gasteiger partial charge is 0.378 e. The third-order valence-electron chi connectivity index (χ3n) is 3.78. The van der Waals surface area contributed by atoms with E-state index in [0.717, 1.165) is 24.9 Å². The van der Waals surface area contributed by atoms with Crippen LogP contribution in [0.25, 0.3) is 0 Å². The summed E-state index contributed by atoms with van der Waals surface area (Å²) in [6.45, 7) is 5.74. The number of fused-ring (bicyclic) bond motifs is 1. The molecule has 1 saturated carbocycles. The van der Waals surface area contributed by atoms with Crippen LogP contribution in [-0.2, 0) is 4.74 Å². The van der Waals surface area contributed by atoms with Crippen LogP contribution in [0.15, 0.2) is 0 Å². The molecule has 14 heavy (non-hydrogen) atoms. The molecule has 2 nitrogen and oxygen atoms in total. The van der Waals surface area contributed by atoms with Gasteiger partial charge in [-0.05, 0) is 51.1 Å². The van der Waals surface area contributed by atoms with Crippen LogP contribution in [-0.4, -0.2) is 37.7 Å². The van der Waals surface area contributed by atoms with Gasteiger partial charge in [-0.1, -0.05) is 6.92 Å². The molecule has 0 unspecified atom stereocenters. The molecule has 0 aromatic rings. The molecule has 0 bridgehead atoms. The molecule has 82 valence electrons. The molecule has 2 aliphatic rings. The zero-order valence-corrected chi connectivity index (χ0v) is 9.54. The van der Waals surface area contributed by atoms with Crippen LogP contribution < -0.4 is 0 Å². The Hall–Kier alpha value is -0.0800. The normalized spacial score (nSPS) is 38.6. The Morgan fingerprint density at radius 2 is 2.07 bits per heavy atom. The van der Waals surface area contributed by atoms with Gasteiger partial charge >= 0.3 is 0 Å². The van der Waals surface area contributed by atoms with E-state index in [1.54, 1.807) is 0 Å². The summed E-state index contributed by atoms with van der Waals surface area (Å²) in [5.74, 6) is 1.89. The van der Waals surface area contributed by atoms with Crippen molar-refractivity contribution in [1.29, 1.82) is 0 Å². The monoisotopic (exact) mass is 197 g/mol. The van der Waals surface area contributed by atoms with E-state index in [1.807, 2.05) is 0 Å². The molecule has 2 fully saturated rings. The van der Waals surface area contributed by atoms with Crippen LogP contribution in [0.4, 0.5) is 0 Å². The molecule has 1 saturated heterocycles. The third-order valence-corrected chi connectivity index (χ3v) is 3.78. The maximum absolute atomic E-state index is 5.86. The van der Waals surface area contributed by atoms with Crippen molar-refractivity contribution in [3.05, 3.63) is 0 Å². The standard InChI is InChI=1S/C12H23NO/c1-3-6-14-12-7-10-4-5-13(2)9-11(10)8-12/h10-12H,3-9H2,1-2H3/t10-,11-,12-/m0/s1. The number of piperidine rings is 1. The number of nitrogens with zero attached hydrogens (tertiary/aromatic N) is 1. The summed E-state index contributed by atoms with van der Waals surface area (Å²) >= 11 is 0. The van der Waals surface area contributed by atoms with Crippen LogP contribution in [0.3, 0.4) is 0 Å². The van der Waals surface area contributed by atoms with Gasteiger partial charge in [0.1, 0.15) is 0 Å². The van der Waals surface area contributed by atoms with Crippen LogP contribution in [0.2, 0.25) is 0 Å². The predicted octanol–water partition coefficient (Wildman–Crippen LogP) is 2.14. The molecule has 0 spiro atoms. The minimum atomic E-state index is 0.580. The first-order valence-corrected chi connectivity index (χ1v) is 6.09. The van der Waals surface area contributed by atoms with E-state index in [9.17, 15) is 0 Å². The van der Waals surface area contributed by atoms with E-state index < -0.39 is 0 Å². The van der Waals surface area contributed by atoms with Gasteiger partial charge in [-0.15, -0.1) is 0 Å². The maximum atomic E-state index is 5.86. The van der Waals surface area contributed by atoms with Crippen LogP contribution >= 0.6 is 0 Å². The average Bonchev–Trinajstić information content (AvgIpc) is 2.56. The number of ether oxygens (including phenoxy) is 1. The maximum Gasteiger partial charge on any atom is 0.0581 e. The van der Waals surface area contributed by atoms with E-state index in [2.05, 4.69) is 18.9 Å². The highest BCUT2D eigenvalue weighted by Crippen LogP contribution is 2.38. The lowest BCUT2D eigenvalue weighted by molar-refractivity contribution is 0.0546. The molecule has 3 atom stereocenters. The van der Waals surface area contributed by atoms with Gasteiger partial charge in [0.15, 0.2) is 0 Å². The van der Waals surface area contributed by atoms with E-state index in [-0.39, 0.29) is 0 Å². The average molecular weight is 197 g/mol. The van der Waals surface area contributed by atoms with Crippen molar-refractivity contribution in [1.82, 2.24) is 4.90 Å². The lowest BCUT2D eigenvalue weighted by Crippen LogP contribution is -2.35. The molecule has 1 aliphatic carbocycles. The van der Waals surface area contributed by atoms with Gasteiger partial charge < -0.3 is 9.64 Å². The Labute approximate surface area is 87.6 Å². The lowest BCUT2D eigenvalue weighted by atomic mass is 9.89.